The summed E-state index contributed by atoms with van der Waals surface area (Å²) in [4.78, 5) is 13.6. The monoisotopic (exact) mass is 271 g/mol. The van der Waals surface area contributed by atoms with Crippen LogP contribution in [0.25, 0.3) is 6.08 Å². The molecule has 1 aromatic carbocycles. The van der Waals surface area contributed by atoms with Crippen molar-refractivity contribution >= 4 is 17.5 Å². The van der Waals surface area contributed by atoms with Gasteiger partial charge in [0, 0.05) is 18.8 Å². The summed E-state index contributed by atoms with van der Waals surface area (Å²) in [6.45, 7) is 3.86. The highest BCUT2D eigenvalue weighted by atomic mass is 16.1. The molecule has 0 aliphatic carbocycles. The molecule has 1 fully saturated rings. The molecule has 2 nitrogen and oxygen atoms in total. The smallest absolute Gasteiger partial charge is 0.152 e. The number of hydrogen-bond acceptors (Lipinski definition) is 2. The van der Waals surface area contributed by atoms with Crippen molar-refractivity contribution in [1.82, 2.24) is 0 Å². The van der Waals surface area contributed by atoms with E-state index >= 15 is 0 Å². The van der Waals surface area contributed by atoms with Crippen molar-refractivity contribution in [3.63, 3.8) is 0 Å². The molecule has 0 spiro atoms. The van der Waals surface area contributed by atoms with Gasteiger partial charge in [-0.1, -0.05) is 43.9 Å². The van der Waals surface area contributed by atoms with E-state index in [0.717, 1.165) is 18.7 Å². The number of ketones is 1. The molecule has 1 heterocycles. The minimum absolute atomic E-state index is 0.101. The molecule has 1 aromatic rings. The number of anilines is 1. The van der Waals surface area contributed by atoms with Gasteiger partial charge >= 0.3 is 0 Å². The summed E-state index contributed by atoms with van der Waals surface area (Å²) in [5.74, 6) is 0.101. The SMILES string of the molecule is CC(=O)/C=C/c1ccccc1N1CCCCCCCC1. The van der Waals surface area contributed by atoms with Crippen LogP contribution in [0.1, 0.15) is 51.0 Å². The summed E-state index contributed by atoms with van der Waals surface area (Å²) in [6.07, 6.45) is 11.6. The first-order valence-electron chi connectivity index (χ1n) is 7.80. The fourth-order valence-corrected chi connectivity index (χ4v) is 2.79. The third-order valence-electron chi connectivity index (χ3n) is 3.88. The highest BCUT2D eigenvalue weighted by molar-refractivity contribution is 5.92. The highest BCUT2D eigenvalue weighted by Gasteiger charge is 2.10. The zero-order valence-electron chi connectivity index (χ0n) is 12.5. The Morgan fingerprint density at radius 3 is 2.25 bits per heavy atom. The van der Waals surface area contributed by atoms with Gasteiger partial charge in [-0.25, -0.2) is 0 Å². The predicted octanol–water partition coefficient (Wildman–Crippen LogP) is 4.45. The van der Waals surface area contributed by atoms with Gasteiger partial charge in [-0.15, -0.1) is 0 Å². The number of benzene rings is 1. The summed E-state index contributed by atoms with van der Waals surface area (Å²) < 4.78 is 0. The molecule has 1 aliphatic rings. The summed E-state index contributed by atoms with van der Waals surface area (Å²) in [7, 11) is 0. The van der Waals surface area contributed by atoms with Crippen LogP contribution < -0.4 is 4.90 Å². The van der Waals surface area contributed by atoms with E-state index in [1.165, 1.54) is 44.2 Å². The second kappa shape index (κ2) is 7.88. The average molecular weight is 271 g/mol. The van der Waals surface area contributed by atoms with Crippen LogP contribution in [0.2, 0.25) is 0 Å². The molecule has 0 amide bonds. The molecule has 0 N–H and O–H groups in total. The average Bonchev–Trinajstić information content (AvgIpc) is 2.59. The molecule has 2 rings (SSSR count). The lowest BCUT2D eigenvalue weighted by molar-refractivity contribution is -0.112. The number of carbonyl (C=O) groups excluding carboxylic acids is 1. The normalized spacial score (nSPS) is 17.6. The Labute approximate surface area is 122 Å². The molecule has 0 radical (unpaired) electrons. The Morgan fingerprint density at radius 1 is 1.00 bits per heavy atom. The standard InChI is InChI=1S/C18H25NO/c1-16(20)12-13-17-10-6-7-11-18(17)19-14-8-4-2-3-5-9-15-19/h6-7,10-13H,2-5,8-9,14-15H2,1H3/b13-12+. The number of para-hydroxylation sites is 1. The molecule has 0 aromatic heterocycles. The maximum absolute atomic E-state index is 11.2. The highest BCUT2D eigenvalue weighted by Crippen LogP contribution is 2.24. The molecular weight excluding hydrogens is 246 g/mol. The van der Waals surface area contributed by atoms with Crippen LogP contribution in [-0.4, -0.2) is 18.9 Å². The summed E-state index contributed by atoms with van der Waals surface area (Å²) in [5, 5.41) is 0. The molecule has 0 saturated carbocycles. The molecule has 0 unspecified atom stereocenters. The van der Waals surface area contributed by atoms with Gasteiger partial charge in [-0.05, 0) is 43.5 Å². The van der Waals surface area contributed by atoms with Crippen molar-refractivity contribution in [2.24, 2.45) is 0 Å². The van der Waals surface area contributed by atoms with E-state index in [2.05, 4.69) is 23.1 Å². The van der Waals surface area contributed by atoms with Crippen molar-refractivity contribution in [1.29, 1.82) is 0 Å². The minimum Gasteiger partial charge on any atom is -0.371 e. The van der Waals surface area contributed by atoms with Crippen molar-refractivity contribution in [2.75, 3.05) is 18.0 Å². The number of rotatable bonds is 3. The van der Waals surface area contributed by atoms with Crippen LogP contribution in [-0.2, 0) is 4.79 Å². The van der Waals surface area contributed by atoms with E-state index in [4.69, 9.17) is 0 Å². The van der Waals surface area contributed by atoms with Gasteiger partial charge < -0.3 is 4.90 Å². The van der Waals surface area contributed by atoms with Gasteiger partial charge in [-0.3, -0.25) is 4.79 Å². The second-order valence-corrected chi connectivity index (χ2v) is 5.61. The summed E-state index contributed by atoms with van der Waals surface area (Å²) >= 11 is 0. The maximum atomic E-state index is 11.2. The van der Waals surface area contributed by atoms with Crippen LogP contribution in [0, 0.1) is 0 Å². The largest absolute Gasteiger partial charge is 0.371 e. The molecular formula is C18H25NO. The molecule has 2 heteroatoms. The number of carbonyl (C=O) groups is 1. The summed E-state index contributed by atoms with van der Waals surface area (Å²) in [6, 6.07) is 8.41. The van der Waals surface area contributed by atoms with Crippen LogP contribution >= 0.6 is 0 Å². The van der Waals surface area contributed by atoms with E-state index in [9.17, 15) is 4.79 Å². The zero-order chi connectivity index (χ0) is 14.2. The maximum Gasteiger partial charge on any atom is 0.152 e. The zero-order valence-corrected chi connectivity index (χ0v) is 12.5. The van der Waals surface area contributed by atoms with Crippen LogP contribution in [0.15, 0.2) is 30.3 Å². The van der Waals surface area contributed by atoms with Crippen LogP contribution in [0.3, 0.4) is 0 Å². The Morgan fingerprint density at radius 2 is 1.60 bits per heavy atom. The molecule has 1 saturated heterocycles. The summed E-state index contributed by atoms with van der Waals surface area (Å²) in [5.41, 5.74) is 2.42. The van der Waals surface area contributed by atoms with Crippen LogP contribution in [0.4, 0.5) is 5.69 Å². The Balaban J connectivity index is 2.18. The van der Waals surface area contributed by atoms with E-state index in [1.807, 2.05) is 12.1 Å². The van der Waals surface area contributed by atoms with Gasteiger partial charge in [0.25, 0.3) is 0 Å². The third-order valence-corrected chi connectivity index (χ3v) is 3.88. The first-order valence-corrected chi connectivity index (χ1v) is 7.80. The fourth-order valence-electron chi connectivity index (χ4n) is 2.79. The van der Waals surface area contributed by atoms with Gasteiger partial charge in [0.15, 0.2) is 5.78 Å². The Hall–Kier alpha value is -1.57. The lowest BCUT2D eigenvalue weighted by Crippen LogP contribution is -2.26. The number of allylic oxidation sites excluding steroid dienone is 1. The lowest BCUT2D eigenvalue weighted by atomic mass is 10.1. The number of hydrogen-bond donors (Lipinski definition) is 0. The van der Waals surface area contributed by atoms with E-state index in [1.54, 1.807) is 13.0 Å². The van der Waals surface area contributed by atoms with Gasteiger partial charge in [0.2, 0.25) is 0 Å². The molecule has 108 valence electrons. The van der Waals surface area contributed by atoms with E-state index in [-0.39, 0.29) is 5.78 Å². The van der Waals surface area contributed by atoms with Crippen molar-refractivity contribution in [2.45, 2.75) is 45.4 Å². The minimum atomic E-state index is 0.101. The van der Waals surface area contributed by atoms with Gasteiger partial charge in [0.05, 0.1) is 0 Å². The topological polar surface area (TPSA) is 20.3 Å². The van der Waals surface area contributed by atoms with E-state index < -0.39 is 0 Å². The predicted molar refractivity (Wildman–Crippen MR) is 86.1 cm³/mol. The quantitative estimate of drug-likeness (QED) is 0.757. The van der Waals surface area contributed by atoms with Crippen molar-refractivity contribution in [3.8, 4) is 0 Å². The molecule has 1 aliphatic heterocycles. The molecule has 0 bridgehead atoms. The van der Waals surface area contributed by atoms with Crippen molar-refractivity contribution < 1.29 is 4.79 Å². The Bertz CT molecular complexity index is 454. The third kappa shape index (κ3) is 4.52. The molecule has 0 atom stereocenters. The van der Waals surface area contributed by atoms with Crippen molar-refractivity contribution in [3.05, 3.63) is 35.9 Å². The van der Waals surface area contributed by atoms with Gasteiger partial charge in [-0.2, -0.15) is 0 Å². The first-order chi connectivity index (χ1) is 9.77. The van der Waals surface area contributed by atoms with Crippen LogP contribution in [0.5, 0.6) is 0 Å². The first kappa shape index (κ1) is 14.8. The molecule has 20 heavy (non-hydrogen) atoms. The Kier molecular flexibility index (Phi) is 5.85. The lowest BCUT2D eigenvalue weighted by Gasteiger charge is -2.26. The fraction of sp³-hybridized carbons (Fsp3) is 0.500. The van der Waals surface area contributed by atoms with E-state index in [0.29, 0.717) is 0 Å². The second-order valence-electron chi connectivity index (χ2n) is 5.61. The van der Waals surface area contributed by atoms with Gasteiger partial charge in [0.1, 0.15) is 0 Å². The number of nitrogens with zero attached hydrogens (tertiary/aromatic N) is 1.